The molecule has 2 saturated heterocycles. The maximum atomic E-state index is 11.3. The van der Waals surface area contributed by atoms with Crippen LogP contribution in [0.3, 0.4) is 0 Å². The molecule has 0 spiro atoms. The SMILES string of the molecule is CCC1OC(OC2C(N)CC(N)C(OC3OC(CN=C/C=C(\C)CC/C=C(\C)CCC=C(C)C)C(O)CC3N)C2O)C(O)C(N)C1O. The topological polar surface area (TPSA) is 234 Å². The van der Waals surface area contributed by atoms with Crippen LogP contribution in [-0.4, -0.2) is 119 Å². The van der Waals surface area contributed by atoms with Gasteiger partial charge in [0.2, 0.25) is 0 Å². The maximum Gasteiger partial charge on any atom is 0.186 e. The van der Waals surface area contributed by atoms with Gasteiger partial charge in [0.05, 0.1) is 36.9 Å². The van der Waals surface area contributed by atoms with Gasteiger partial charge in [0.1, 0.15) is 30.5 Å². The summed E-state index contributed by atoms with van der Waals surface area (Å²) in [5, 5.41) is 42.9. The average molecular weight is 668 g/mol. The number of hydrogen-bond acceptors (Lipinski definition) is 13. The molecule has 13 nitrogen and oxygen atoms in total. The van der Waals surface area contributed by atoms with E-state index < -0.39 is 85.6 Å². The first kappa shape index (κ1) is 39.8. The maximum absolute atomic E-state index is 11.3. The number of nitrogens with zero attached hydrogens (tertiary/aromatic N) is 1. The van der Waals surface area contributed by atoms with Gasteiger partial charge in [-0.1, -0.05) is 35.8 Å². The largest absolute Gasteiger partial charge is 0.390 e. The Kier molecular flexibility index (Phi) is 16.1. The van der Waals surface area contributed by atoms with Crippen molar-refractivity contribution in [2.75, 3.05) is 6.54 Å². The lowest BCUT2D eigenvalue weighted by Crippen LogP contribution is -2.67. The van der Waals surface area contributed by atoms with E-state index in [9.17, 15) is 20.4 Å². The molecule has 1 aliphatic carbocycles. The zero-order chi connectivity index (χ0) is 34.8. The quantitative estimate of drug-likeness (QED) is 0.0942. The highest BCUT2D eigenvalue weighted by Crippen LogP contribution is 2.31. The molecule has 2 aliphatic heterocycles. The Morgan fingerprint density at radius 1 is 0.745 bits per heavy atom. The Hall–Kier alpha value is -1.59. The fourth-order valence-corrected chi connectivity index (χ4v) is 6.23. The molecule has 12 N–H and O–H groups in total. The van der Waals surface area contributed by atoms with Gasteiger partial charge in [0.25, 0.3) is 0 Å². The van der Waals surface area contributed by atoms with Crippen LogP contribution in [0.15, 0.2) is 39.9 Å². The summed E-state index contributed by atoms with van der Waals surface area (Å²) >= 11 is 0. The standard InChI is InChI=1S/C34H61N5O8/c1-6-25-28(41)27(38)29(42)34(44-25)47-32-22(36)15-21(35)31(30(32)43)46-33-23(37)16-24(40)26(45-33)17-39-14-13-20(5)12-8-11-19(4)10-7-9-18(2)3/h9,11,13-14,21-34,40-43H,6-8,10,12,15-17,35-38H2,1-5H3/b19-11+,20-13+,39-14?. The molecule has 0 aromatic rings. The fourth-order valence-electron chi connectivity index (χ4n) is 6.23. The van der Waals surface area contributed by atoms with Crippen molar-refractivity contribution in [3.63, 3.8) is 0 Å². The summed E-state index contributed by atoms with van der Waals surface area (Å²) < 4.78 is 23.9. The summed E-state index contributed by atoms with van der Waals surface area (Å²) in [6.45, 7) is 10.5. The predicted octanol–water partition coefficient (Wildman–Crippen LogP) is 0.653. The minimum atomic E-state index is -1.35. The number of allylic oxidation sites excluding steroid dienone is 6. The van der Waals surface area contributed by atoms with Gasteiger partial charge >= 0.3 is 0 Å². The smallest absolute Gasteiger partial charge is 0.186 e. The first-order valence-corrected chi connectivity index (χ1v) is 17.0. The molecule has 47 heavy (non-hydrogen) atoms. The van der Waals surface area contributed by atoms with Gasteiger partial charge < -0.3 is 62.3 Å². The van der Waals surface area contributed by atoms with Crippen molar-refractivity contribution < 1.29 is 39.4 Å². The third-order valence-electron chi connectivity index (χ3n) is 9.28. The molecule has 0 amide bonds. The lowest BCUT2D eigenvalue weighted by atomic mass is 9.84. The zero-order valence-corrected chi connectivity index (χ0v) is 28.7. The van der Waals surface area contributed by atoms with Crippen molar-refractivity contribution in [2.45, 2.75) is 165 Å². The Bertz CT molecular complexity index is 1080. The van der Waals surface area contributed by atoms with E-state index in [0.717, 1.165) is 25.7 Å². The minimum Gasteiger partial charge on any atom is -0.390 e. The molecule has 270 valence electrons. The minimum absolute atomic E-state index is 0.193. The number of aliphatic imine (C=N–C) groups is 1. The molecule has 13 heteroatoms. The third-order valence-corrected chi connectivity index (χ3v) is 9.28. The van der Waals surface area contributed by atoms with E-state index in [1.54, 1.807) is 6.21 Å². The van der Waals surface area contributed by atoms with Crippen molar-refractivity contribution in [3.05, 3.63) is 34.9 Å². The summed E-state index contributed by atoms with van der Waals surface area (Å²) in [4.78, 5) is 4.46. The van der Waals surface area contributed by atoms with Crippen molar-refractivity contribution in [1.82, 2.24) is 0 Å². The van der Waals surface area contributed by atoms with Crippen LogP contribution in [-0.2, 0) is 18.9 Å². The van der Waals surface area contributed by atoms with Crippen molar-refractivity contribution in [3.8, 4) is 0 Å². The first-order valence-electron chi connectivity index (χ1n) is 17.0. The second-order valence-corrected chi connectivity index (χ2v) is 13.7. The Morgan fingerprint density at radius 2 is 1.34 bits per heavy atom. The average Bonchev–Trinajstić information content (AvgIpc) is 3.00. The molecule has 0 aromatic heterocycles. The van der Waals surface area contributed by atoms with E-state index in [0.29, 0.717) is 6.42 Å². The predicted molar refractivity (Wildman–Crippen MR) is 181 cm³/mol. The summed E-state index contributed by atoms with van der Waals surface area (Å²) in [5.74, 6) is 0. The molecule has 3 aliphatic rings. The molecule has 3 fully saturated rings. The Balaban J connectivity index is 1.55. The summed E-state index contributed by atoms with van der Waals surface area (Å²) in [5.41, 5.74) is 28.9. The molecule has 0 aromatic carbocycles. The van der Waals surface area contributed by atoms with Crippen LogP contribution in [0.25, 0.3) is 0 Å². The molecule has 3 rings (SSSR count). The molecule has 2 heterocycles. The van der Waals surface area contributed by atoms with Gasteiger partial charge in [0.15, 0.2) is 12.6 Å². The Morgan fingerprint density at radius 3 is 1.98 bits per heavy atom. The van der Waals surface area contributed by atoms with Crippen LogP contribution in [0.4, 0.5) is 0 Å². The number of rotatable bonds is 14. The number of ether oxygens (including phenoxy) is 4. The van der Waals surface area contributed by atoms with E-state index in [4.69, 9.17) is 41.9 Å². The van der Waals surface area contributed by atoms with E-state index in [2.05, 4.69) is 44.8 Å². The van der Waals surface area contributed by atoms with Crippen molar-refractivity contribution >= 4 is 6.21 Å². The molecule has 14 atom stereocenters. The van der Waals surface area contributed by atoms with Crippen LogP contribution in [0, 0.1) is 0 Å². The zero-order valence-electron chi connectivity index (χ0n) is 28.7. The van der Waals surface area contributed by atoms with E-state index >= 15 is 0 Å². The van der Waals surface area contributed by atoms with Crippen LogP contribution in [0.5, 0.6) is 0 Å². The normalized spacial score (nSPS) is 40.5. The summed E-state index contributed by atoms with van der Waals surface area (Å²) in [6.07, 6.45) is 3.02. The highest BCUT2D eigenvalue weighted by atomic mass is 16.7. The highest BCUT2D eigenvalue weighted by molar-refractivity contribution is 5.72. The van der Waals surface area contributed by atoms with Crippen molar-refractivity contribution in [2.24, 2.45) is 27.9 Å². The molecular weight excluding hydrogens is 606 g/mol. The molecule has 0 radical (unpaired) electrons. The van der Waals surface area contributed by atoms with Gasteiger partial charge in [-0.3, -0.25) is 4.99 Å². The van der Waals surface area contributed by atoms with Crippen LogP contribution in [0.1, 0.15) is 79.6 Å². The second kappa shape index (κ2) is 19.0. The summed E-state index contributed by atoms with van der Waals surface area (Å²) in [6, 6.07) is -3.06. The number of aliphatic hydroxyl groups is 4. The summed E-state index contributed by atoms with van der Waals surface area (Å²) in [7, 11) is 0. The van der Waals surface area contributed by atoms with Gasteiger partial charge in [-0.2, -0.15) is 0 Å². The van der Waals surface area contributed by atoms with E-state index in [1.165, 1.54) is 16.7 Å². The van der Waals surface area contributed by atoms with Gasteiger partial charge in [0, 0.05) is 18.3 Å². The highest BCUT2D eigenvalue weighted by Gasteiger charge is 2.50. The monoisotopic (exact) mass is 667 g/mol. The van der Waals surface area contributed by atoms with Gasteiger partial charge in [-0.15, -0.1) is 0 Å². The van der Waals surface area contributed by atoms with Crippen LogP contribution in [0.2, 0.25) is 0 Å². The van der Waals surface area contributed by atoms with Crippen LogP contribution >= 0.6 is 0 Å². The number of hydrogen-bond donors (Lipinski definition) is 8. The third kappa shape index (κ3) is 11.5. The van der Waals surface area contributed by atoms with Crippen molar-refractivity contribution in [1.29, 1.82) is 0 Å². The van der Waals surface area contributed by atoms with E-state index in [1.807, 2.05) is 13.0 Å². The lowest BCUT2D eigenvalue weighted by molar-refractivity contribution is -0.312. The molecule has 0 bridgehead atoms. The first-order chi connectivity index (χ1) is 22.2. The second-order valence-electron chi connectivity index (χ2n) is 13.7. The molecule has 1 saturated carbocycles. The lowest BCUT2D eigenvalue weighted by Gasteiger charge is -2.48. The number of aliphatic hydroxyl groups excluding tert-OH is 4. The fraction of sp³-hybridized carbons (Fsp3) is 0.794. The number of nitrogens with two attached hydrogens (primary N) is 4. The van der Waals surface area contributed by atoms with Crippen LogP contribution < -0.4 is 22.9 Å². The Labute approximate surface area is 280 Å². The van der Waals surface area contributed by atoms with Gasteiger partial charge in [-0.25, -0.2) is 0 Å². The van der Waals surface area contributed by atoms with E-state index in [-0.39, 0.29) is 19.4 Å². The molecular formula is C34H61N5O8. The van der Waals surface area contributed by atoms with Gasteiger partial charge in [-0.05, 0) is 78.7 Å². The molecule has 14 unspecified atom stereocenters.